The summed E-state index contributed by atoms with van der Waals surface area (Å²) >= 11 is 6.10. The molecule has 0 radical (unpaired) electrons. The molecule has 140 valence electrons. The molecule has 2 aliphatic rings. The van der Waals surface area contributed by atoms with Gasteiger partial charge in [-0.25, -0.2) is 4.68 Å². The van der Waals surface area contributed by atoms with Crippen molar-refractivity contribution in [2.75, 3.05) is 13.1 Å². The van der Waals surface area contributed by atoms with Gasteiger partial charge in [0, 0.05) is 23.7 Å². The van der Waals surface area contributed by atoms with Crippen LogP contribution < -0.4 is 5.32 Å². The van der Waals surface area contributed by atoms with Crippen molar-refractivity contribution in [1.29, 1.82) is 0 Å². The van der Waals surface area contributed by atoms with Crippen molar-refractivity contribution >= 4 is 29.9 Å². The van der Waals surface area contributed by atoms with Gasteiger partial charge in [-0.15, -0.1) is 17.5 Å². The minimum absolute atomic E-state index is 0. The third-order valence-corrected chi connectivity index (χ3v) is 5.48. The van der Waals surface area contributed by atoms with Crippen molar-refractivity contribution in [3.8, 4) is 5.69 Å². The van der Waals surface area contributed by atoms with Crippen LogP contribution in [0.1, 0.15) is 42.4 Å². The highest BCUT2D eigenvalue weighted by atomic mass is 35.5. The molecule has 2 saturated heterocycles. The van der Waals surface area contributed by atoms with Gasteiger partial charge in [0.25, 0.3) is 5.91 Å². The predicted octanol–water partition coefficient (Wildman–Crippen LogP) is 2.87. The van der Waals surface area contributed by atoms with Gasteiger partial charge >= 0.3 is 0 Å². The lowest BCUT2D eigenvalue weighted by atomic mass is 10.1. The summed E-state index contributed by atoms with van der Waals surface area (Å²) in [5, 5.41) is 12.6. The first-order chi connectivity index (χ1) is 12.2. The molecule has 2 aliphatic heterocycles. The van der Waals surface area contributed by atoms with Crippen LogP contribution in [0.15, 0.2) is 24.3 Å². The maximum Gasteiger partial charge on any atom is 0.276 e. The fourth-order valence-corrected chi connectivity index (χ4v) is 4.22. The summed E-state index contributed by atoms with van der Waals surface area (Å²) in [4.78, 5) is 15.3. The first-order valence-electron chi connectivity index (χ1n) is 8.93. The Bertz CT molecular complexity index is 780. The monoisotopic (exact) mass is 395 g/mol. The molecule has 1 aromatic carbocycles. The quantitative estimate of drug-likeness (QED) is 0.867. The fourth-order valence-electron chi connectivity index (χ4n) is 4.04. The average molecular weight is 396 g/mol. The first kappa shape index (κ1) is 19.1. The van der Waals surface area contributed by atoms with Crippen LogP contribution in [0.4, 0.5) is 0 Å². The van der Waals surface area contributed by atoms with Crippen molar-refractivity contribution in [1.82, 2.24) is 25.2 Å². The molecule has 1 amide bonds. The van der Waals surface area contributed by atoms with Crippen LogP contribution >= 0.6 is 24.0 Å². The summed E-state index contributed by atoms with van der Waals surface area (Å²) in [6, 6.07) is 8.04. The summed E-state index contributed by atoms with van der Waals surface area (Å²) in [7, 11) is 0. The topological polar surface area (TPSA) is 63.1 Å². The molecular formula is C18H23Cl2N5O. The van der Waals surface area contributed by atoms with E-state index in [4.69, 9.17) is 11.6 Å². The summed E-state index contributed by atoms with van der Waals surface area (Å²) in [6.07, 6.45) is 3.84. The summed E-state index contributed by atoms with van der Waals surface area (Å²) in [5.41, 5.74) is 2.14. The van der Waals surface area contributed by atoms with Crippen LogP contribution in [0.5, 0.6) is 0 Å². The van der Waals surface area contributed by atoms with Crippen LogP contribution in [0.2, 0.25) is 5.02 Å². The van der Waals surface area contributed by atoms with Crippen LogP contribution in [0.25, 0.3) is 5.69 Å². The first-order valence-corrected chi connectivity index (χ1v) is 9.30. The van der Waals surface area contributed by atoms with Gasteiger partial charge in [0.1, 0.15) is 0 Å². The molecule has 2 aromatic rings. The maximum absolute atomic E-state index is 13.3. The second-order valence-corrected chi connectivity index (χ2v) is 7.16. The molecule has 2 fully saturated rings. The van der Waals surface area contributed by atoms with Gasteiger partial charge in [0.2, 0.25) is 0 Å². The number of aromatic nitrogens is 3. The van der Waals surface area contributed by atoms with Gasteiger partial charge in [-0.3, -0.25) is 4.79 Å². The Morgan fingerprint density at radius 2 is 2.12 bits per heavy atom. The molecule has 6 nitrogen and oxygen atoms in total. The molecule has 0 aliphatic carbocycles. The van der Waals surface area contributed by atoms with Gasteiger partial charge < -0.3 is 10.2 Å². The second-order valence-electron chi connectivity index (χ2n) is 6.72. The molecule has 3 heterocycles. The van der Waals surface area contributed by atoms with Crippen LogP contribution in [0.3, 0.4) is 0 Å². The number of carbonyl (C=O) groups is 1. The van der Waals surface area contributed by atoms with Crippen molar-refractivity contribution in [2.24, 2.45) is 0 Å². The molecule has 1 aromatic heterocycles. The van der Waals surface area contributed by atoms with Crippen molar-refractivity contribution in [2.45, 2.75) is 44.7 Å². The Morgan fingerprint density at radius 1 is 1.31 bits per heavy atom. The van der Waals surface area contributed by atoms with E-state index in [1.807, 2.05) is 36.1 Å². The number of nitrogens with one attached hydrogen (secondary N) is 1. The lowest BCUT2D eigenvalue weighted by Crippen LogP contribution is -2.43. The zero-order valence-corrected chi connectivity index (χ0v) is 16.3. The van der Waals surface area contributed by atoms with E-state index in [9.17, 15) is 4.79 Å². The van der Waals surface area contributed by atoms with Crippen molar-refractivity contribution in [3.63, 3.8) is 0 Å². The SMILES string of the molecule is CCc1c(C(=O)N2C3CCNCC2CC3)nnn1-c1cccc(Cl)c1.Cl. The molecule has 2 bridgehead atoms. The van der Waals surface area contributed by atoms with Gasteiger partial charge in [-0.1, -0.05) is 29.8 Å². The van der Waals surface area contributed by atoms with E-state index in [1.165, 1.54) is 0 Å². The molecule has 2 atom stereocenters. The zero-order chi connectivity index (χ0) is 17.4. The van der Waals surface area contributed by atoms with Gasteiger partial charge in [-0.05, 0) is 50.4 Å². The summed E-state index contributed by atoms with van der Waals surface area (Å²) < 4.78 is 1.73. The lowest BCUT2D eigenvalue weighted by Gasteiger charge is -2.27. The lowest BCUT2D eigenvalue weighted by molar-refractivity contribution is 0.0673. The molecule has 2 unspecified atom stereocenters. The zero-order valence-electron chi connectivity index (χ0n) is 14.7. The Hall–Kier alpha value is -1.63. The number of fused-ring (bicyclic) bond motifs is 2. The minimum atomic E-state index is 0. The number of nitrogens with zero attached hydrogens (tertiary/aromatic N) is 4. The maximum atomic E-state index is 13.3. The van der Waals surface area contributed by atoms with E-state index >= 15 is 0 Å². The number of benzene rings is 1. The Labute approximate surface area is 164 Å². The van der Waals surface area contributed by atoms with Gasteiger partial charge in [0.05, 0.1) is 11.4 Å². The Balaban J connectivity index is 0.00000196. The van der Waals surface area contributed by atoms with Crippen molar-refractivity contribution in [3.05, 3.63) is 40.7 Å². The molecule has 4 rings (SSSR count). The van der Waals surface area contributed by atoms with E-state index < -0.39 is 0 Å². The van der Waals surface area contributed by atoms with Gasteiger partial charge in [-0.2, -0.15) is 0 Å². The summed E-state index contributed by atoms with van der Waals surface area (Å²) in [5.74, 6) is 0.0151. The number of carbonyl (C=O) groups excluding carboxylic acids is 1. The van der Waals surface area contributed by atoms with E-state index in [2.05, 4.69) is 15.6 Å². The second kappa shape index (κ2) is 7.94. The number of halogens is 2. The van der Waals surface area contributed by atoms with E-state index in [0.717, 1.165) is 43.7 Å². The normalized spacial score (nSPS) is 22.0. The van der Waals surface area contributed by atoms with E-state index in [1.54, 1.807) is 4.68 Å². The fraction of sp³-hybridized carbons (Fsp3) is 0.500. The van der Waals surface area contributed by atoms with Crippen LogP contribution in [0, 0.1) is 0 Å². The number of amides is 1. The van der Waals surface area contributed by atoms with E-state index in [-0.39, 0.29) is 24.4 Å². The highest BCUT2D eigenvalue weighted by Gasteiger charge is 2.40. The number of hydrogen-bond acceptors (Lipinski definition) is 4. The molecule has 26 heavy (non-hydrogen) atoms. The largest absolute Gasteiger partial charge is 0.330 e. The number of hydrogen-bond donors (Lipinski definition) is 1. The molecule has 0 saturated carbocycles. The highest BCUT2D eigenvalue weighted by molar-refractivity contribution is 6.30. The average Bonchev–Trinajstić information content (AvgIpc) is 3.14. The van der Waals surface area contributed by atoms with Crippen LogP contribution in [-0.4, -0.2) is 51.0 Å². The molecule has 8 heteroatoms. The third kappa shape index (κ3) is 3.33. The van der Waals surface area contributed by atoms with Gasteiger partial charge in [0.15, 0.2) is 5.69 Å². The van der Waals surface area contributed by atoms with E-state index in [0.29, 0.717) is 23.2 Å². The molecule has 0 spiro atoms. The Kier molecular flexibility index (Phi) is 5.85. The third-order valence-electron chi connectivity index (χ3n) is 5.24. The predicted molar refractivity (Wildman–Crippen MR) is 103 cm³/mol. The molecule has 1 N–H and O–H groups in total. The number of rotatable bonds is 3. The highest BCUT2D eigenvalue weighted by Crippen LogP contribution is 2.30. The van der Waals surface area contributed by atoms with Crippen LogP contribution in [-0.2, 0) is 6.42 Å². The smallest absolute Gasteiger partial charge is 0.276 e. The minimum Gasteiger partial charge on any atom is -0.330 e. The molecular weight excluding hydrogens is 373 g/mol. The standard InChI is InChI=1S/C18H22ClN5O.ClH/c1-2-16-17(21-22-24(16)14-5-3-4-12(19)10-14)18(25)23-13-6-7-15(23)11-20-9-8-13;/h3-5,10,13,15,20H,2,6-9,11H2,1H3;1H. The van der Waals surface area contributed by atoms with Crippen molar-refractivity contribution < 1.29 is 4.79 Å². The Morgan fingerprint density at radius 3 is 2.88 bits per heavy atom. The summed E-state index contributed by atoms with van der Waals surface area (Å²) in [6.45, 7) is 3.86.